The van der Waals surface area contributed by atoms with Crippen LogP contribution >= 0.6 is 0 Å². The lowest BCUT2D eigenvalue weighted by Gasteiger charge is -2.28. The molecule has 0 aromatic heterocycles. The van der Waals surface area contributed by atoms with Crippen LogP contribution in [0.2, 0.25) is 0 Å². The molecule has 0 bridgehead atoms. The van der Waals surface area contributed by atoms with Gasteiger partial charge in [0.1, 0.15) is 0 Å². The minimum atomic E-state index is -0.0158. The lowest BCUT2D eigenvalue weighted by atomic mass is 9.75. The molecule has 3 aliphatic rings. The molecule has 0 unspecified atom stereocenters. The number of fused-ring (bicyclic) bond motifs is 1. The molecule has 1 spiro atoms. The topological polar surface area (TPSA) is 17.1 Å². The second-order valence-electron chi connectivity index (χ2n) is 9.48. The molecule has 0 aromatic carbocycles. The molecule has 1 nitrogen and oxygen atoms in total. The molecule has 0 heterocycles. The predicted molar refractivity (Wildman–Crippen MR) is 88.1 cm³/mol. The van der Waals surface area contributed by atoms with Gasteiger partial charge >= 0.3 is 0 Å². The summed E-state index contributed by atoms with van der Waals surface area (Å²) in [6.07, 6.45) is 6.78. The van der Waals surface area contributed by atoms with Crippen molar-refractivity contribution in [2.45, 2.75) is 80.1 Å². The third kappa shape index (κ3) is 2.15. The van der Waals surface area contributed by atoms with Crippen molar-refractivity contribution in [1.29, 1.82) is 0 Å². The van der Waals surface area contributed by atoms with Crippen LogP contribution in [0.5, 0.6) is 0 Å². The number of ketones is 1. The SMILES string of the molecule is CC(C)(C)C1=C2CC3(CCCC3)C(=O)C2=C(C(C)(C)C)C1. The maximum atomic E-state index is 13.2. The Morgan fingerprint density at radius 3 is 1.86 bits per heavy atom. The molecular formula is C20H30O. The zero-order valence-electron chi connectivity index (χ0n) is 14.7. The number of hydrogen-bond donors (Lipinski definition) is 0. The van der Waals surface area contributed by atoms with E-state index in [1.165, 1.54) is 24.0 Å². The van der Waals surface area contributed by atoms with Crippen LogP contribution in [0.4, 0.5) is 0 Å². The van der Waals surface area contributed by atoms with Gasteiger partial charge in [0.05, 0.1) is 0 Å². The van der Waals surface area contributed by atoms with Crippen LogP contribution in [-0.2, 0) is 4.79 Å². The summed E-state index contributed by atoms with van der Waals surface area (Å²) < 4.78 is 0. The molecule has 0 aliphatic heterocycles. The Hall–Kier alpha value is -0.850. The minimum absolute atomic E-state index is 0.0158. The second kappa shape index (κ2) is 4.33. The molecule has 21 heavy (non-hydrogen) atoms. The molecule has 3 aliphatic carbocycles. The molecule has 0 atom stereocenters. The van der Waals surface area contributed by atoms with Crippen molar-refractivity contribution in [2.24, 2.45) is 16.2 Å². The summed E-state index contributed by atoms with van der Waals surface area (Å²) >= 11 is 0. The summed E-state index contributed by atoms with van der Waals surface area (Å²) in [6.45, 7) is 13.7. The monoisotopic (exact) mass is 286 g/mol. The van der Waals surface area contributed by atoms with Gasteiger partial charge in [0.2, 0.25) is 0 Å². The van der Waals surface area contributed by atoms with Gasteiger partial charge in [-0.05, 0) is 47.7 Å². The fraction of sp³-hybridized carbons (Fsp3) is 0.750. The van der Waals surface area contributed by atoms with Crippen LogP contribution in [0.3, 0.4) is 0 Å². The number of rotatable bonds is 0. The number of carbonyl (C=O) groups excluding carboxylic acids is 1. The maximum absolute atomic E-state index is 13.2. The van der Waals surface area contributed by atoms with Crippen LogP contribution < -0.4 is 0 Å². The van der Waals surface area contributed by atoms with Crippen molar-refractivity contribution in [3.63, 3.8) is 0 Å². The van der Waals surface area contributed by atoms with E-state index in [1.54, 1.807) is 5.57 Å². The summed E-state index contributed by atoms with van der Waals surface area (Å²) in [5, 5.41) is 0. The quantitative estimate of drug-likeness (QED) is 0.565. The molecular weight excluding hydrogens is 256 g/mol. The van der Waals surface area contributed by atoms with Crippen LogP contribution in [-0.4, -0.2) is 5.78 Å². The summed E-state index contributed by atoms with van der Waals surface area (Å²) in [6, 6.07) is 0. The van der Waals surface area contributed by atoms with Crippen molar-refractivity contribution in [3.05, 3.63) is 22.3 Å². The number of hydrogen-bond acceptors (Lipinski definition) is 1. The van der Waals surface area contributed by atoms with Gasteiger partial charge in [-0.15, -0.1) is 0 Å². The van der Waals surface area contributed by atoms with Crippen LogP contribution in [0, 0.1) is 16.2 Å². The molecule has 0 saturated heterocycles. The largest absolute Gasteiger partial charge is 0.294 e. The Morgan fingerprint density at radius 1 is 0.857 bits per heavy atom. The Morgan fingerprint density at radius 2 is 1.38 bits per heavy atom. The van der Waals surface area contributed by atoms with E-state index in [1.807, 2.05) is 0 Å². The Kier molecular flexibility index (Phi) is 3.11. The summed E-state index contributed by atoms with van der Waals surface area (Å²) in [5.41, 5.74) is 5.83. The molecule has 116 valence electrons. The Balaban J connectivity index is 2.15. The molecule has 0 aromatic rings. The molecule has 2 fully saturated rings. The normalized spacial score (nSPS) is 25.5. The molecule has 1 heteroatoms. The van der Waals surface area contributed by atoms with E-state index in [-0.39, 0.29) is 16.2 Å². The van der Waals surface area contributed by atoms with Gasteiger partial charge in [-0.3, -0.25) is 4.79 Å². The highest BCUT2D eigenvalue weighted by Crippen LogP contribution is 2.60. The fourth-order valence-electron chi connectivity index (χ4n) is 4.67. The van der Waals surface area contributed by atoms with Gasteiger partial charge in [-0.2, -0.15) is 0 Å². The lowest BCUT2D eigenvalue weighted by Crippen LogP contribution is -2.24. The van der Waals surface area contributed by atoms with E-state index in [0.29, 0.717) is 5.78 Å². The highest BCUT2D eigenvalue weighted by Gasteiger charge is 2.53. The molecule has 0 radical (unpaired) electrons. The lowest BCUT2D eigenvalue weighted by molar-refractivity contribution is -0.122. The zero-order chi connectivity index (χ0) is 15.6. The van der Waals surface area contributed by atoms with E-state index < -0.39 is 0 Å². The average molecular weight is 286 g/mol. The number of allylic oxidation sites excluding steroid dienone is 4. The highest BCUT2D eigenvalue weighted by molar-refractivity contribution is 6.09. The summed E-state index contributed by atoms with van der Waals surface area (Å²) in [5.74, 6) is 0.499. The van der Waals surface area contributed by atoms with Crippen molar-refractivity contribution >= 4 is 5.78 Å². The predicted octanol–water partition coefficient (Wildman–Crippen LogP) is 5.61. The highest BCUT2D eigenvalue weighted by atomic mass is 16.1. The Labute approximate surface area is 129 Å². The van der Waals surface area contributed by atoms with Crippen molar-refractivity contribution in [2.75, 3.05) is 0 Å². The van der Waals surface area contributed by atoms with Gasteiger partial charge in [-0.1, -0.05) is 60.0 Å². The fourth-order valence-corrected chi connectivity index (χ4v) is 4.67. The van der Waals surface area contributed by atoms with Crippen molar-refractivity contribution in [3.8, 4) is 0 Å². The number of Topliss-reactive ketones (excluding diaryl/α,β-unsaturated/α-hetero) is 1. The van der Waals surface area contributed by atoms with Crippen LogP contribution in [0.25, 0.3) is 0 Å². The first-order chi connectivity index (χ1) is 9.56. The smallest absolute Gasteiger partial charge is 0.169 e. The van der Waals surface area contributed by atoms with Gasteiger partial charge in [0, 0.05) is 11.0 Å². The minimum Gasteiger partial charge on any atom is -0.294 e. The van der Waals surface area contributed by atoms with Crippen LogP contribution in [0.1, 0.15) is 80.1 Å². The van der Waals surface area contributed by atoms with Crippen molar-refractivity contribution in [1.82, 2.24) is 0 Å². The first kappa shape index (κ1) is 15.1. The molecule has 2 saturated carbocycles. The summed E-state index contributed by atoms with van der Waals surface area (Å²) in [7, 11) is 0. The van der Waals surface area contributed by atoms with Crippen LogP contribution in [0.15, 0.2) is 22.3 Å². The molecule has 0 amide bonds. The van der Waals surface area contributed by atoms with E-state index >= 15 is 0 Å². The second-order valence-corrected chi connectivity index (χ2v) is 9.48. The van der Waals surface area contributed by atoms with Gasteiger partial charge < -0.3 is 0 Å². The summed E-state index contributed by atoms with van der Waals surface area (Å²) in [4.78, 5) is 13.2. The van der Waals surface area contributed by atoms with E-state index in [9.17, 15) is 4.79 Å². The standard InChI is InChI=1S/C20H30O/c1-18(2,3)14-11-15(19(4,5)6)16-13(14)12-20(17(16)21)9-7-8-10-20/h7-12H2,1-6H3. The van der Waals surface area contributed by atoms with E-state index in [0.717, 1.165) is 31.3 Å². The molecule has 0 N–H and O–H groups in total. The van der Waals surface area contributed by atoms with E-state index in [4.69, 9.17) is 0 Å². The van der Waals surface area contributed by atoms with Crippen molar-refractivity contribution < 1.29 is 4.79 Å². The van der Waals surface area contributed by atoms with E-state index in [2.05, 4.69) is 41.5 Å². The third-order valence-corrected chi connectivity index (χ3v) is 5.92. The maximum Gasteiger partial charge on any atom is 0.169 e. The zero-order valence-corrected chi connectivity index (χ0v) is 14.7. The first-order valence-electron chi connectivity index (χ1n) is 8.58. The molecule has 3 rings (SSSR count). The third-order valence-electron chi connectivity index (χ3n) is 5.92. The average Bonchev–Trinajstić information content (AvgIpc) is 2.96. The van der Waals surface area contributed by atoms with Gasteiger partial charge in [-0.25, -0.2) is 0 Å². The van der Waals surface area contributed by atoms with Gasteiger partial charge in [0.25, 0.3) is 0 Å². The Bertz CT molecular complexity index is 552. The first-order valence-corrected chi connectivity index (χ1v) is 8.58. The number of carbonyl (C=O) groups is 1. The van der Waals surface area contributed by atoms with Gasteiger partial charge in [0.15, 0.2) is 5.78 Å².